The molecule has 1 aromatic rings. The Morgan fingerprint density at radius 3 is 2.51 bits per heavy atom. The van der Waals surface area contributed by atoms with Crippen molar-refractivity contribution in [2.45, 2.75) is 56.8 Å². The summed E-state index contributed by atoms with van der Waals surface area (Å²) in [5, 5.41) is 44.6. The second kappa shape index (κ2) is 8.92. The number of nitrogens with zero attached hydrogens (tertiary/aromatic N) is 2. The molecule has 1 aliphatic heterocycles. The van der Waals surface area contributed by atoms with E-state index in [1.807, 2.05) is 11.8 Å². The molecule has 11 heteroatoms. The Kier molecular flexibility index (Phi) is 6.15. The number of nitrogens with two attached hydrogens (primary N) is 1. The Labute approximate surface area is 224 Å². The summed E-state index contributed by atoms with van der Waals surface area (Å²) in [5.41, 5.74) is 2.10. The van der Waals surface area contributed by atoms with E-state index in [-0.39, 0.29) is 47.7 Å². The molecule has 1 fully saturated rings. The van der Waals surface area contributed by atoms with Crippen LogP contribution < -0.4 is 5.73 Å². The van der Waals surface area contributed by atoms with Gasteiger partial charge in [-0.25, -0.2) is 4.39 Å². The Hall–Kier alpha value is -3.70. The van der Waals surface area contributed by atoms with Crippen LogP contribution in [0.15, 0.2) is 41.0 Å². The second-order valence-electron chi connectivity index (χ2n) is 11.3. The zero-order valence-corrected chi connectivity index (χ0v) is 22.0. The number of phenolic OH excluding ortho intramolecular Hbond substituents is 1. The van der Waals surface area contributed by atoms with Crippen molar-refractivity contribution in [3.05, 3.63) is 63.5 Å². The van der Waals surface area contributed by atoms with Crippen LogP contribution in [0.1, 0.15) is 47.7 Å². The molecule has 39 heavy (non-hydrogen) atoms. The summed E-state index contributed by atoms with van der Waals surface area (Å²) >= 11 is 0. The topological polar surface area (TPSA) is 165 Å². The van der Waals surface area contributed by atoms with Crippen molar-refractivity contribution in [2.24, 2.45) is 17.6 Å². The molecule has 1 saturated heterocycles. The molecule has 1 aromatic carbocycles. The molecule has 1 unspecified atom stereocenters. The van der Waals surface area contributed by atoms with E-state index in [4.69, 9.17) is 5.73 Å². The average molecular weight is 542 g/mol. The number of phenols is 1. The van der Waals surface area contributed by atoms with Crippen LogP contribution in [0.3, 0.4) is 0 Å². The lowest BCUT2D eigenvalue weighted by Crippen LogP contribution is -2.63. The van der Waals surface area contributed by atoms with E-state index in [1.165, 1.54) is 11.0 Å². The summed E-state index contributed by atoms with van der Waals surface area (Å²) in [6, 6.07) is 0.211. The minimum absolute atomic E-state index is 0.0134. The van der Waals surface area contributed by atoms with Crippen molar-refractivity contribution in [1.29, 1.82) is 0 Å². The first-order valence-corrected chi connectivity index (χ1v) is 12.8. The highest BCUT2D eigenvalue weighted by Gasteiger charge is 2.63. The van der Waals surface area contributed by atoms with Gasteiger partial charge < -0.3 is 31.1 Å². The zero-order chi connectivity index (χ0) is 28.7. The number of aliphatic hydroxyl groups excluding tert-OH is 2. The maximum absolute atomic E-state index is 15.9. The van der Waals surface area contributed by atoms with E-state index in [9.17, 15) is 34.8 Å². The number of ketones is 2. The third-order valence-electron chi connectivity index (χ3n) is 8.86. The number of aromatic hydroxyl groups is 1. The summed E-state index contributed by atoms with van der Waals surface area (Å²) < 4.78 is 15.9. The van der Waals surface area contributed by atoms with Gasteiger partial charge in [-0.15, -0.1) is 0 Å². The number of likely N-dealkylation sites (tertiary alicyclic amines) is 1. The maximum Gasteiger partial charge on any atom is 0.255 e. The van der Waals surface area contributed by atoms with Crippen molar-refractivity contribution in [1.82, 2.24) is 9.80 Å². The lowest BCUT2D eigenvalue weighted by Gasteiger charge is -2.50. The summed E-state index contributed by atoms with van der Waals surface area (Å²) in [6.07, 6.45) is 1.46. The van der Waals surface area contributed by atoms with Crippen molar-refractivity contribution in [3.63, 3.8) is 0 Å². The standard InChI is InChI=1S/C28H32FN3O7/c1-11-5-6-12(2)32(11)10-14-9-17(33)19-15(21(14)29)7-13-8-16-22(31(3)4)24(35)20(27(30)38)26(37)28(16,39)25(36)18(13)23(19)34/h9,12-13,16,22,33,35-36,39H,1,5-8,10H2,2-4H3,(H2,30,38)/t12?,13-,16-,22-,28-/m0/s1. The Balaban J connectivity index is 1.64. The highest BCUT2D eigenvalue weighted by molar-refractivity contribution is 6.24. The van der Waals surface area contributed by atoms with Crippen LogP contribution in [0.5, 0.6) is 5.75 Å². The number of fused-ring (bicyclic) bond motifs is 3. The summed E-state index contributed by atoms with van der Waals surface area (Å²) in [5.74, 6) is -8.29. The van der Waals surface area contributed by atoms with Gasteiger partial charge in [0.15, 0.2) is 11.4 Å². The number of Topliss-reactive ketones (excluding diaryl/α,β-unsaturated/α-hetero) is 2. The van der Waals surface area contributed by atoms with E-state index in [0.717, 1.165) is 18.5 Å². The highest BCUT2D eigenvalue weighted by atomic mass is 19.1. The fraction of sp³-hybridized carbons (Fsp3) is 0.464. The van der Waals surface area contributed by atoms with Crippen molar-refractivity contribution in [2.75, 3.05) is 14.1 Å². The Bertz CT molecular complexity index is 1410. The molecule has 1 amide bonds. The molecule has 10 nitrogen and oxygen atoms in total. The summed E-state index contributed by atoms with van der Waals surface area (Å²) in [4.78, 5) is 42.4. The van der Waals surface area contributed by atoms with E-state index in [2.05, 4.69) is 6.58 Å². The second-order valence-corrected chi connectivity index (χ2v) is 11.3. The number of rotatable bonds is 4. The van der Waals surface area contributed by atoms with Gasteiger partial charge in [0.2, 0.25) is 5.78 Å². The lowest BCUT2D eigenvalue weighted by molar-refractivity contribution is -0.148. The minimum atomic E-state index is -2.73. The van der Waals surface area contributed by atoms with Gasteiger partial charge in [0.25, 0.3) is 5.91 Å². The number of amides is 1. The third kappa shape index (κ3) is 3.63. The first-order valence-electron chi connectivity index (χ1n) is 12.8. The molecule has 0 aromatic heterocycles. The first kappa shape index (κ1) is 26.9. The minimum Gasteiger partial charge on any atom is -0.510 e. The third-order valence-corrected chi connectivity index (χ3v) is 8.86. The summed E-state index contributed by atoms with van der Waals surface area (Å²) in [6.45, 7) is 6.20. The average Bonchev–Trinajstić information content (AvgIpc) is 3.16. The number of primary amides is 1. The number of hydrogen-bond acceptors (Lipinski definition) is 9. The Morgan fingerprint density at radius 1 is 1.28 bits per heavy atom. The predicted molar refractivity (Wildman–Crippen MR) is 137 cm³/mol. The number of likely N-dealkylation sites (N-methyl/N-ethyl adjacent to an activating group) is 1. The molecule has 1 heterocycles. The molecular weight excluding hydrogens is 509 g/mol. The highest BCUT2D eigenvalue weighted by Crippen LogP contribution is 2.52. The number of allylic oxidation sites excluding steroid dienone is 2. The van der Waals surface area contributed by atoms with Gasteiger partial charge >= 0.3 is 0 Å². The van der Waals surface area contributed by atoms with Crippen molar-refractivity contribution >= 4 is 17.5 Å². The van der Waals surface area contributed by atoms with Gasteiger partial charge in [-0.2, -0.15) is 0 Å². The number of aliphatic hydroxyl groups is 3. The lowest BCUT2D eigenvalue weighted by atomic mass is 9.58. The van der Waals surface area contributed by atoms with Gasteiger partial charge in [-0.05, 0) is 58.7 Å². The van der Waals surface area contributed by atoms with E-state index in [0.29, 0.717) is 0 Å². The van der Waals surface area contributed by atoms with Crippen LogP contribution >= 0.6 is 0 Å². The van der Waals surface area contributed by atoms with E-state index in [1.54, 1.807) is 14.1 Å². The number of carbonyl (C=O) groups is 3. The molecule has 3 aliphatic carbocycles. The Morgan fingerprint density at radius 2 is 1.95 bits per heavy atom. The molecule has 4 aliphatic rings. The number of benzene rings is 1. The maximum atomic E-state index is 15.9. The van der Waals surface area contributed by atoms with Crippen molar-refractivity contribution < 1.29 is 39.2 Å². The quantitative estimate of drug-likeness (QED) is 0.357. The summed E-state index contributed by atoms with van der Waals surface area (Å²) in [7, 11) is 3.09. The smallest absolute Gasteiger partial charge is 0.255 e. The van der Waals surface area contributed by atoms with Crippen LogP contribution in [-0.4, -0.2) is 79.5 Å². The van der Waals surface area contributed by atoms with Gasteiger partial charge in [-0.1, -0.05) is 6.58 Å². The fourth-order valence-electron chi connectivity index (χ4n) is 6.91. The van der Waals surface area contributed by atoms with Gasteiger partial charge in [0.1, 0.15) is 28.7 Å². The molecule has 0 radical (unpaired) electrons. The number of halogens is 1. The number of hydrogen-bond donors (Lipinski definition) is 5. The normalized spacial score (nSPS) is 30.6. The van der Waals surface area contributed by atoms with Gasteiger partial charge in [0, 0.05) is 40.9 Å². The first-order chi connectivity index (χ1) is 18.2. The van der Waals surface area contributed by atoms with E-state index >= 15 is 4.39 Å². The van der Waals surface area contributed by atoms with Gasteiger partial charge in [-0.3, -0.25) is 19.3 Å². The van der Waals surface area contributed by atoms with Gasteiger partial charge in [0.05, 0.1) is 11.6 Å². The monoisotopic (exact) mass is 541 g/mol. The molecule has 0 spiro atoms. The largest absolute Gasteiger partial charge is 0.510 e. The van der Waals surface area contributed by atoms with Crippen molar-refractivity contribution in [3.8, 4) is 5.75 Å². The molecule has 0 saturated carbocycles. The SMILES string of the molecule is C=C1CCC(C)N1Cc1cc(O)c2c(c1F)C[C@H]1C[C@H]3[C@H](N(C)C)C(O)=C(C(N)=O)C(=O)[C@@]3(O)C(O)=C1C2=O. The molecule has 5 atom stereocenters. The molecule has 0 bridgehead atoms. The molecule has 5 rings (SSSR count). The molecular formula is C28H32FN3O7. The molecule has 6 N–H and O–H groups in total. The van der Waals surface area contributed by atoms with Crippen LogP contribution in [0.2, 0.25) is 0 Å². The van der Waals surface area contributed by atoms with Crippen LogP contribution in [0.25, 0.3) is 0 Å². The van der Waals surface area contributed by atoms with Crippen LogP contribution in [0, 0.1) is 17.7 Å². The predicted octanol–water partition coefficient (Wildman–Crippen LogP) is 1.76. The number of carbonyl (C=O) groups excluding carboxylic acids is 3. The van der Waals surface area contributed by atoms with Crippen LogP contribution in [0.4, 0.5) is 4.39 Å². The molecule has 208 valence electrons. The van der Waals surface area contributed by atoms with Crippen LogP contribution in [-0.2, 0) is 22.6 Å². The van der Waals surface area contributed by atoms with E-state index < -0.39 is 69.6 Å². The zero-order valence-electron chi connectivity index (χ0n) is 22.0. The fourth-order valence-corrected chi connectivity index (χ4v) is 6.91.